The van der Waals surface area contributed by atoms with E-state index in [0.29, 0.717) is 12.4 Å². The molecule has 1 amide bonds. The van der Waals surface area contributed by atoms with Crippen LogP contribution < -0.4 is 9.47 Å². The monoisotopic (exact) mass is 320 g/mol. The predicted octanol–water partition coefficient (Wildman–Crippen LogP) is 2.79. The average Bonchev–Trinajstić information content (AvgIpc) is 2.95. The van der Waals surface area contributed by atoms with Gasteiger partial charge in [-0.3, -0.25) is 0 Å². The molecule has 23 heavy (non-hydrogen) atoms. The Hall–Kier alpha value is -1.98. The Kier molecular flexibility index (Phi) is 3.65. The van der Waals surface area contributed by atoms with E-state index in [2.05, 4.69) is 4.98 Å². The number of pyridine rings is 1. The minimum absolute atomic E-state index is 0.0778. The molecule has 3 heterocycles. The van der Waals surface area contributed by atoms with Gasteiger partial charge in [-0.25, -0.2) is 9.78 Å². The van der Waals surface area contributed by atoms with Crippen LogP contribution in [0.25, 0.3) is 0 Å². The molecule has 1 aromatic heterocycles. The topological polar surface area (TPSA) is 60.9 Å². The highest BCUT2D eigenvalue weighted by atomic mass is 16.6. The van der Waals surface area contributed by atoms with Gasteiger partial charge in [0.25, 0.3) is 0 Å². The van der Waals surface area contributed by atoms with Gasteiger partial charge in [0, 0.05) is 30.5 Å². The van der Waals surface area contributed by atoms with E-state index in [1.165, 1.54) is 0 Å². The van der Waals surface area contributed by atoms with Crippen molar-refractivity contribution >= 4 is 6.09 Å². The number of carbonyl (C=O) groups is 1. The lowest BCUT2D eigenvalue weighted by Gasteiger charge is -2.27. The van der Waals surface area contributed by atoms with Crippen molar-refractivity contribution in [1.82, 2.24) is 9.88 Å². The summed E-state index contributed by atoms with van der Waals surface area (Å²) in [6.45, 7) is 8.19. The molecule has 0 bridgehead atoms. The highest BCUT2D eigenvalue weighted by molar-refractivity contribution is 5.69. The van der Waals surface area contributed by atoms with Crippen LogP contribution in [0.4, 0.5) is 4.79 Å². The van der Waals surface area contributed by atoms with Gasteiger partial charge in [0.1, 0.15) is 17.0 Å². The van der Waals surface area contributed by atoms with Crippen molar-refractivity contribution in [2.24, 2.45) is 0 Å². The molecule has 0 N–H and O–H groups in total. The molecular weight excluding hydrogens is 296 g/mol. The normalized spacial score (nSPS) is 26.1. The van der Waals surface area contributed by atoms with Crippen LogP contribution in [0, 0.1) is 0 Å². The third-order valence-corrected chi connectivity index (χ3v) is 4.26. The maximum atomic E-state index is 12.4. The summed E-state index contributed by atoms with van der Waals surface area (Å²) in [7, 11) is 1.60. The maximum Gasteiger partial charge on any atom is 0.410 e. The molecule has 0 unspecified atom stereocenters. The molecule has 0 radical (unpaired) electrons. The third-order valence-electron chi connectivity index (χ3n) is 4.26. The SMILES string of the molecule is COc1cc2c(cn1)O[C@]1(C2)C[C@H](C)N(C(=O)OC(C)(C)C)C1. The summed E-state index contributed by atoms with van der Waals surface area (Å²) >= 11 is 0. The third kappa shape index (κ3) is 3.07. The zero-order valence-electron chi connectivity index (χ0n) is 14.4. The van der Waals surface area contributed by atoms with Crippen molar-refractivity contribution in [3.63, 3.8) is 0 Å². The molecule has 2 aliphatic rings. The quantitative estimate of drug-likeness (QED) is 0.796. The molecule has 0 aliphatic carbocycles. The molecule has 6 nitrogen and oxygen atoms in total. The van der Waals surface area contributed by atoms with Gasteiger partial charge in [-0.05, 0) is 27.7 Å². The Morgan fingerprint density at radius 1 is 1.48 bits per heavy atom. The van der Waals surface area contributed by atoms with Gasteiger partial charge in [0.2, 0.25) is 5.88 Å². The molecule has 0 aromatic carbocycles. The fraction of sp³-hybridized carbons (Fsp3) is 0.647. The number of carbonyl (C=O) groups excluding carboxylic acids is 1. The van der Waals surface area contributed by atoms with Crippen LogP contribution in [-0.4, -0.2) is 46.9 Å². The molecule has 1 spiro atoms. The van der Waals surface area contributed by atoms with Gasteiger partial charge in [-0.15, -0.1) is 0 Å². The number of likely N-dealkylation sites (tertiary alicyclic amines) is 1. The first kappa shape index (κ1) is 15.9. The van der Waals surface area contributed by atoms with E-state index in [4.69, 9.17) is 14.2 Å². The lowest BCUT2D eigenvalue weighted by Crippen LogP contribution is -2.42. The van der Waals surface area contributed by atoms with Crippen LogP contribution in [0.1, 0.15) is 39.7 Å². The Labute approximate surface area is 136 Å². The number of rotatable bonds is 1. The molecule has 1 fully saturated rings. The number of hydrogen-bond donors (Lipinski definition) is 0. The minimum atomic E-state index is -0.497. The molecule has 3 rings (SSSR count). The summed E-state index contributed by atoms with van der Waals surface area (Å²) in [5, 5.41) is 0. The van der Waals surface area contributed by atoms with E-state index < -0.39 is 5.60 Å². The van der Waals surface area contributed by atoms with Gasteiger partial charge < -0.3 is 19.1 Å². The highest BCUT2D eigenvalue weighted by Gasteiger charge is 2.50. The second-order valence-corrected chi connectivity index (χ2v) is 7.46. The largest absolute Gasteiger partial charge is 0.483 e. The maximum absolute atomic E-state index is 12.4. The van der Waals surface area contributed by atoms with Crippen LogP contribution in [-0.2, 0) is 11.2 Å². The summed E-state index contributed by atoms with van der Waals surface area (Å²) in [4.78, 5) is 18.4. The van der Waals surface area contributed by atoms with Crippen molar-refractivity contribution in [3.8, 4) is 11.6 Å². The lowest BCUT2D eigenvalue weighted by molar-refractivity contribution is 0.0191. The Bertz CT molecular complexity index is 626. The van der Waals surface area contributed by atoms with Gasteiger partial charge in [-0.2, -0.15) is 0 Å². The second kappa shape index (κ2) is 5.28. The number of ether oxygens (including phenoxy) is 3. The van der Waals surface area contributed by atoms with E-state index in [1.807, 2.05) is 33.8 Å². The number of amides is 1. The van der Waals surface area contributed by atoms with Gasteiger partial charge >= 0.3 is 6.09 Å². The van der Waals surface area contributed by atoms with Gasteiger partial charge in [0.15, 0.2) is 0 Å². The highest BCUT2D eigenvalue weighted by Crippen LogP contribution is 2.43. The van der Waals surface area contributed by atoms with Crippen molar-refractivity contribution in [2.45, 2.75) is 57.8 Å². The number of fused-ring (bicyclic) bond motifs is 1. The lowest BCUT2D eigenvalue weighted by atomic mass is 9.95. The summed E-state index contributed by atoms with van der Waals surface area (Å²) in [5.41, 5.74) is 0.200. The van der Waals surface area contributed by atoms with Gasteiger partial charge in [0.05, 0.1) is 19.9 Å². The molecule has 126 valence electrons. The molecular formula is C17H24N2O4. The first-order valence-corrected chi connectivity index (χ1v) is 7.93. The standard InChI is InChI=1S/C17H24N2O4/c1-11-7-17(10-19(11)15(20)23-16(2,3)4)8-12-6-14(21-5)18-9-13(12)22-17/h6,9,11H,7-8,10H2,1-5H3/t11-,17-/m0/s1. The first-order chi connectivity index (χ1) is 10.7. The summed E-state index contributed by atoms with van der Waals surface area (Å²) < 4.78 is 16.9. The summed E-state index contributed by atoms with van der Waals surface area (Å²) in [5.74, 6) is 1.36. The van der Waals surface area contributed by atoms with Crippen LogP contribution in [0.3, 0.4) is 0 Å². The number of nitrogens with zero attached hydrogens (tertiary/aromatic N) is 2. The first-order valence-electron chi connectivity index (χ1n) is 7.93. The van der Waals surface area contributed by atoms with E-state index in [-0.39, 0.29) is 17.7 Å². The molecule has 0 saturated carbocycles. The van der Waals surface area contributed by atoms with Crippen molar-refractivity contribution < 1.29 is 19.0 Å². The average molecular weight is 320 g/mol. The Morgan fingerprint density at radius 2 is 2.22 bits per heavy atom. The molecule has 6 heteroatoms. The summed E-state index contributed by atoms with van der Waals surface area (Å²) in [6.07, 6.45) is 2.95. The van der Waals surface area contributed by atoms with E-state index >= 15 is 0 Å². The van der Waals surface area contributed by atoms with Crippen LogP contribution in [0.5, 0.6) is 11.6 Å². The summed E-state index contributed by atoms with van der Waals surface area (Å²) in [6, 6.07) is 1.99. The molecule has 1 aromatic rings. The zero-order chi connectivity index (χ0) is 16.8. The van der Waals surface area contributed by atoms with Crippen LogP contribution in [0.15, 0.2) is 12.3 Å². The fourth-order valence-electron chi connectivity index (χ4n) is 3.37. The zero-order valence-corrected chi connectivity index (χ0v) is 14.4. The van der Waals surface area contributed by atoms with Crippen LogP contribution >= 0.6 is 0 Å². The minimum Gasteiger partial charge on any atom is -0.483 e. The molecule has 2 aliphatic heterocycles. The van der Waals surface area contributed by atoms with E-state index in [1.54, 1.807) is 18.2 Å². The predicted molar refractivity (Wildman–Crippen MR) is 84.9 cm³/mol. The van der Waals surface area contributed by atoms with Crippen molar-refractivity contribution in [2.75, 3.05) is 13.7 Å². The van der Waals surface area contributed by atoms with Crippen molar-refractivity contribution in [3.05, 3.63) is 17.8 Å². The Balaban J connectivity index is 1.75. The second-order valence-electron chi connectivity index (χ2n) is 7.46. The number of methoxy groups -OCH3 is 1. The molecule has 2 atom stereocenters. The number of hydrogen-bond acceptors (Lipinski definition) is 5. The van der Waals surface area contributed by atoms with Gasteiger partial charge in [-0.1, -0.05) is 0 Å². The van der Waals surface area contributed by atoms with E-state index in [9.17, 15) is 4.79 Å². The smallest absolute Gasteiger partial charge is 0.410 e. The fourth-order valence-corrected chi connectivity index (χ4v) is 3.37. The van der Waals surface area contributed by atoms with E-state index in [0.717, 1.165) is 24.2 Å². The van der Waals surface area contributed by atoms with Crippen LogP contribution in [0.2, 0.25) is 0 Å². The number of aromatic nitrogens is 1. The molecule has 1 saturated heterocycles. The van der Waals surface area contributed by atoms with Crippen molar-refractivity contribution in [1.29, 1.82) is 0 Å². The Morgan fingerprint density at radius 3 is 2.87 bits per heavy atom.